The van der Waals surface area contributed by atoms with Crippen molar-refractivity contribution in [3.05, 3.63) is 36.4 Å². The van der Waals surface area contributed by atoms with Gasteiger partial charge in [-0.1, -0.05) is 24.3 Å². The number of para-hydroxylation sites is 2. The molecule has 0 N–H and O–H groups in total. The molecule has 4 atom stereocenters. The lowest BCUT2D eigenvalue weighted by Crippen LogP contribution is -2.38. The Morgan fingerprint density at radius 2 is 2.00 bits per heavy atom. The van der Waals surface area contributed by atoms with Gasteiger partial charge in [-0.05, 0) is 19.1 Å². The van der Waals surface area contributed by atoms with Gasteiger partial charge < -0.3 is 9.47 Å². The number of nitrogens with zero attached hydrogens (tertiary/aromatic N) is 1. The van der Waals surface area contributed by atoms with Gasteiger partial charge in [0, 0.05) is 0 Å². The molecule has 3 aliphatic heterocycles. The fourth-order valence-electron chi connectivity index (χ4n) is 3.70. The summed E-state index contributed by atoms with van der Waals surface area (Å²) in [5, 5.41) is 0. The summed E-state index contributed by atoms with van der Waals surface area (Å²) >= 11 is 0. The number of ether oxygens (including phenoxy) is 2. The lowest BCUT2D eigenvalue weighted by atomic mass is 9.78. The summed E-state index contributed by atoms with van der Waals surface area (Å²) in [5.74, 6) is -0.746. The van der Waals surface area contributed by atoms with E-state index in [4.69, 9.17) is 9.47 Å². The van der Waals surface area contributed by atoms with Crippen molar-refractivity contribution in [2.24, 2.45) is 11.8 Å². The lowest BCUT2D eigenvalue weighted by molar-refractivity contribution is -0.126. The SMILES string of the molecule is COc1ccccc1N1C(=O)[C@@H]2[C@@H]3C=C[C@@](C)(O3)[C@@H]2C1=O. The number of rotatable bonds is 2. The zero-order valence-electron chi connectivity index (χ0n) is 11.8. The number of hydrogen-bond acceptors (Lipinski definition) is 4. The van der Waals surface area contributed by atoms with E-state index in [2.05, 4.69) is 0 Å². The van der Waals surface area contributed by atoms with E-state index in [9.17, 15) is 9.59 Å². The van der Waals surface area contributed by atoms with Crippen molar-refractivity contribution in [3.8, 4) is 5.75 Å². The molecule has 5 heteroatoms. The molecule has 2 amide bonds. The smallest absolute Gasteiger partial charge is 0.241 e. The first-order valence-electron chi connectivity index (χ1n) is 6.95. The Kier molecular flexibility index (Phi) is 2.37. The van der Waals surface area contributed by atoms with Crippen molar-refractivity contribution in [2.45, 2.75) is 18.6 Å². The minimum atomic E-state index is -0.668. The summed E-state index contributed by atoms with van der Waals surface area (Å²) in [4.78, 5) is 26.8. The van der Waals surface area contributed by atoms with Gasteiger partial charge in [0.05, 0.1) is 36.3 Å². The van der Waals surface area contributed by atoms with Crippen LogP contribution in [0.4, 0.5) is 5.69 Å². The Balaban J connectivity index is 1.80. The van der Waals surface area contributed by atoms with Crippen LogP contribution in [0.2, 0.25) is 0 Å². The fraction of sp³-hybridized carbons (Fsp3) is 0.375. The first-order chi connectivity index (χ1) is 10.1. The highest BCUT2D eigenvalue weighted by Gasteiger charge is 2.66. The highest BCUT2D eigenvalue weighted by molar-refractivity contribution is 6.23. The third-order valence-corrected chi connectivity index (χ3v) is 4.66. The first-order valence-corrected chi connectivity index (χ1v) is 6.95. The molecule has 21 heavy (non-hydrogen) atoms. The molecule has 5 nitrogen and oxygen atoms in total. The highest BCUT2D eigenvalue weighted by atomic mass is 16.5. The van der Waals surface area contributed by atoms with Crippen LogP contribution in [0.15, 0.2) is 36.4 Å². The van der Waals surface area contributed by atoms with Gasteiger partial charge in [-0.15, -0.1) is 0 Å². The molecule has 0 aliphatic carbocycles. The highest BCUT2D eigenvalue weighted by Crippen LogP contribution is 2.52. The maximum Gasteiger partial charge on any atom is 0.241 e. The molecule has 4 rings (SSSR count). The number of carbonyl (C=O) groups excluding carboxylic acids is 2. The number of fused-ring (bicyclic) bond motifs is 5. The zero-order valence-corrected chi connectivity index (χ0v) is 11.8. The number of methoxy groups -OCH3 is 1. The standard InChI is InChI=1S/C16H15NO4/c1-16-8-7-11(21-16)12-13(16)15(19)17(14(12)18)9-5-3-4-6-10(9)20-2/h3-8,11-13H,1-2H3/t11-,12+,13-,16+/m0/s1. The van der Waals surface area contributed by atoms with Crippen molar-refractivity contribution >= 4 is 17.5 Å². The van der Waals surface area contributed by atoms with Crippen LogP contribution in [0.5, 0.6) is 5.75 Å². The minimum absolute atomic E-state index is 0.201. The van der Waals surface area contributed by atoms with Gasteiger partial charge in [-0.25, -0.2) is 4.90 Å². The Morgan fingerprint density at radius 1 is 1.24 bits per heavy atom. The van der Waals surface area contributed by atoms with Gasteiger partial charge >= 0.3 is 0 Å². The quantitative estimate of drug-likeness (QED) is 0.611. The Hall–Kier alpha value is -2.14. The second kappa shape index (κ2) is 3.95. The maximum atomic E-state index is 12.8. The molecule has 108 valence electrons. The molecule has 3 aliphatic rings. The average Bonchev–Trinajstić information content (AvgIpc) is 3.08. The lowest BCUT2D eigenvalue weighted by Gasteiger charge is -2.24. The van der Waals surface area contributed by atoms with E-state index in [1.807, 2.05) is 25.1 Å². The molecule has 3 heterocycles. The molecule has 0 radical (unpaired) electrons. The summed E-state index contributed by atoms with van der Waals surface area (Å²) in [7, 11) is 1.53. The second-order valence-corrected chi connectivity index (χ2v) is 5.81. The molecule has 2 bridgehead atoms. The predicted molar refractivity (Wildman–Crippen MR) is 74.9 cm³/mol. The topological polar surface area (TPSA) is 55.8 Å². The molecular formula is C16H15NO4. The summed E-state index contributed by atoms with van der Waals surface area (Å²) in [5.41, 5.74) is -0.161. The fourth-order valence-corrected chi connectivity index (χ4v) is 3.70. The molecule has 1 aromatic rings. The number of hydrogen-bond donors (Lipinski definition) is 0. The molecule has 0 unspecified atom stereocenters. The summed E-state index contributed by atoms with van der Waals surface area (Å²) in [6.07, 6.45) is 3.49. The number of benzene rings is 1. The Morgan fingerprint density at radius 3 is 2.71 bits per heavy atom. The molecule has 1 aromatic carbocycles. The van der Waals surface area contributed by atoms with Gasteiger partial charge in [0.15, 0.2) is 0 Å². The van der Waals surface area contributed by atoms with E-state index in [0.717, 1.165) is 0 Å². The molecule has 2 fully saturated rings. The van der Waals surface area contributed by atoms with Crippen LogP contribution in [0.3, 0.4) is 0 Å². The van der Waals surface area contributed by atoms with Crippen LogP contribution in [-0.2, 0) is 14.3 Å². The molecule has 2 saturated heterocycles. The van der Waals surface area contributed by atoms with Crippen molar-refractivity contribution in [1.29, 1.82) is 0 Å². The molecule has 0 aromatic heterocycles. The van der Waals surface area contributed by atoms with Crippen LogP contribution in [0.25, 0.3) is 0 Å². The van der Waals surface area contributed by atoms with E-state index in [-0.39, 0.29) is 17.9 Å². The summed E-state index contributed by atoms with van der Waals surface area (Å²) in [6.45, 7) is 1.87. The van der Waals surface area contributed by atoms with Crippen molar-refractivity contribution in [3.63, 3.8) is 0 Å². The third kappa shape index (κ3) is 1.44. The van der Waals surface area contributed by atoms with E-state index in [1.165, 1.54) is 12.0 Å². The van der Waals surface area contributed by atoms with Gasteiger partial charge in [0.2, 0.25) is 11.8 Å². The van der Waals surface area contributed by atoms with Crippen LogP contribution >= 0.6 is 0 Å². The first kappa shape index (κ1) is 12.6. The van der Waals surface area contributed by atoms with Crippen LogP contribution in [0.1, 0.15) is 6.92 Å². The largest absolute Gasteiger partial charge is 0.495 e. The van der Waals surface area contributed by atoms with E-state index in [0.29, 0.717) is 11.4 Å². The number of imide groups is 1. The molecule has 0 spiro atoms. The van der Waals surface area contributed by atoms with Gasteiger partial charge in [-0.3, -0.25) is 9.59 Å². The van der Waals surface area contributed by atoms with E-state index in [1.54, 1.807) is 18.2 Å². The Bertz CT molecular complexity index is 683. The molecular weight excluding hydrogens is 270 g/mol. The van der Waals surface area contributed by atoms with Crippen molar-refractivity contribution < 1.29 is 19.1 Å². The van der Waals surface area contributed by atoms with Crippen molar-refractivity contribution in [1.82, 2.24) is 0 Å². The number of carbonyl (C=O) groups is 2. The average molecular weight is 285 g/mol. The predicted octanol–water partition coefficient (Wildman–Crippen LogP) is 1.53. The number of anilines is 1. The zero-order chi connectivity index (χ0) is 14.8. The molecule has 0 saturated carbocycles. The van der Waals surface area contributed by atoms with Gasteiger partial charge in [0.25, 0.3) is 0 Å². The van der Waals surface area contributed by atoms with Gasteiger partial charge in [0.1, 0.15) is 5.75 Å². The maximum absolute atomic E-state index is 12.8. The van der Waals surface area contributed by atoms with Crippen LogP contribution in [-0.4, -0.2) is 30.6 Å². The second-order valence-electron chi connectivity index (χ2n) is 5.81. The third-order valence-electron chi connectivity index (χ3n) is 4.66. The Labute approximate surface area is 122 Å². The van der Waals surface area contributed by atoms with Crippen molar-refractivity contribution in [2.75, 3.05) is 12.0 Å². The number of amides is 2. The van der Waals surface area contributed by atoms with E-state index >= 15 is 0 Å². The normalized spacial score (nSPS) is 36.5. The van der Waals surface area contributed by atoms with E-state index < -0.39 is 17.4 Å². The summed E-state index contributed by atoms with van der Waals surface area (Å²) < 4.78 is 11.1. The van der Waals surface area contributed by atoms with Crippen LogP contribution in [0, 0.1) is 11.8 Å². The summed E-state index contributed by atoms with van der Waals surface area (Å²) in [6, 6.07) is 7.07. The minimum Gasteiger partial charge on any atom is -0.495 e. The monoisotopic (exact) mass is 285 g/mol. The van der Waals surface area contributed by atoms with Gasteiger partial charge in [-0.2, -0.15) is 0 Å². The van der Waals surface area contributed by atoms with Crippen LogP contribution < -0.4 is 9.64 Å².